The number of carbonyl (C=O) groups excluding carboxylic acids is 2. The van der Waals surface area contributed by atoms with Crippen molar-refractivity contribution in [2.45, 2.75) is 19.1 Å². The number of rotatable bonds is 3. The van der Waals surface area contributed by atoms with Crippen LogP contribution in [0.5, 0.6) is 5.75 Å². The summed E-state index contributed by atoms with van der Waals surface area (Å²) in [6.07, 6.45) is -1.02. The summed E-state index contributed by atoms with van der Waals surface area (Å²) in [6, 6.07) is 18.6. The van der Waals surface area contributed by atoms with E-state index in [2.05, 4.69) is 15.9 Å². The van der Waals surface area contributed by atoms with Crippen molar-refractivity contribution in [3.8, 4) is 5.75 Å². The monoisotopic (exact) mass is 512 g/mol. The predicted molar refractivity (Wildman–Crippen MR) is 125 cm³/mol. The molecule has 0 bridgehead atoms. The number of benzene rings is 3. The van der Waals surface area contributed by atoms with Crippen LogP contribution in [0.4, 0.5) is 11.4 Å². The summed E-state index contributed by atoms with van der Waals surface area (Å²) in [5, 5.41) is 12.7. The number of hydrogen-bond donors (Lipinski definition) is 1. The number of para-hydroxylation sites is 1. The molecule has 8 heteroatoms. The zero-order valence-corrected chi connectivity index (χ0v) is 19.2. The maximum absolute atomic E-state index is 13.7. The van der Waals surface area contributed by atoms with Gasteiger partial charge in [-0.25, -0.2) is 9.96 Å². The number of aromatic hydroxyl groups is 1. The van der Waals surface area contributed by atoms with Gasteiger partial charge in [0.2, 0.25) is 5.91 Å². The van der Waals surface area contributed by atoms with Crippen molar-refractivity contribution in [2.75, 3.05) is 9.96 Å². The third kappa shape index (κ3) is 3.20. The molecular formula is C24H18BrClN2O4. The molecule has 162 valence electrons. The summed E-state index contributed by atoms with van der Waals surface area (Å²) in [5.41, 5.74) is 2.24. The number of phenols is 1. The van der Waals surface area contributed by atoms with Crippen LogP contribution in [0.2, 0.25) is 5.02 Å². The molecule has 2 aliphatic rings. The molecule has 2 saturated heterocycles. The minimum Gasteiger partial charge on any atom is -0.508 e. The Hall–Kier alpha value is -2.87. The van der Waals surface area contributed by atoms with Crippen LogP contribution < -0.4 is 9.96 Å². The van der Waals surface area contributed by atoms with Crippen LogP contribution in [0.15, 0.2) is 71.2 Å². The van der Waals surface area contributed by atoms with Crippen molar-refractivity contribution in [3.63, 3.8) is 0 Å². The predicted octanol–water partition coefficient (Wildman–Crippen LogP) is 5.17. The van der Waals surface area contributed by atoms with E-state index in [4.69, 9.17) is 16.4 Å². The molecule has 0 aromatic heterocycles. The summed E-state index contributed by atoms with van der Waals surface area (Å²) in [5.74, 6) is -1.68. The third-order valence-corrected chi connectivity index (χ3v) is 6.82. The van der Waals surface area contributed by atoms with E-state index >= 15 is 0 Å². The molecule has 32 heavy (non-hydrogen) atoms. The minimum absolute atomic E-state index is 0.0148. The molecule has 5 rings (SSSR count). The Labute approximate surface area is 198 Å². The number of hydrogen-bond acceptors (Lipinski definition) is 5. The van der Waals surface area contributed by atoms with Gasteiger partial charge in [0.15, 0.2) is 6.10 Å². The fraction of sp³-hybridized carbons (Fsp3) is 0.167. The molecule has 2 aliphatic heterocycles. The van der Waals surface area contributed by atoms with Gasteiger partial charge in [0.05, 0.1) is 17.4 Å². The highest BCUT2D eigenvalue weighted by molar-refractivity contribution is 9.10. The second-order valence-corrected chi connectivity index (χ2v) is 9.08. The van der Waals surface area contributed by atoms with Crippen LogP contribution in [0.1, 0.15) is 17.2 Å². The van der Waals surface area contributed by atoms with Crippen molar-refractivity contribution >= 4 is 50.7 Å². The fourth-order valence-corrected chi connectivity index (χ4v) is 4.92. The lowest BCUT2D eigenvalue weighted by Gasteiger charge is -2.29. The average molecular weight is 514 g/mol. The molecule has 1 N–H and O–H groups in total. The summed E-state index contributed by atoms with van der Waals surface area (Å²) in [7, 11) is 0. The largest absolute Gasteiger partial charge is 0.508 e. The average Bonchev–Trinajstić information content (AvgIpc) is 3.29. The molecule has 2 amide bonds. The van der Waals surface area contributed by atoms with Gasteiger partial charge in [-0.05, 0) is 55.0 Å². The maximum Gasteiger partial charge on any atom is 0.266 e. The van der Waals surface area contributed by atoms with Crippen LogP contribution in [0, 0.1) is 12.8 Å². The Balaban J connectivity index is 1.64. The Bertz CT molecular complexity index is 1240. The second-order valence-electron chi connectivity index (χ2n) is 7.76. The van der Waals surface area contributed by atoms with Crippen LogP contribution in [0.3, 0.4) is 0 Å². The molecule has 3 atom stereocenters. The van der Waals surface area contributed by atoms with Gasteiger partial charge in [0, 0.05) is 15.1 Å². The zero-order chi connectivity index (χ0) is 22.6. The highest BCUT2D eigenvalue weighted by Gasteiger charge is 2.61. The van der Waals surface area contributed by atoms with E-state index in [0.717, 1.165) is 9.37 Å². The molecule has 0 spiro atoms. The number of nitrogens with zero attached hydrogens (tertiary/aromatic N) is 2. The van der Waals surface area contributed by atoms with Gasteiger partial charge >= 0.3 is 0 Å². The zero-order valence-electron chi connectivity index (χ0n) is 16.9. The van der Waals surface area contributed by atoms with Gasteiger partial charge in [0.25, 0.3) is 5.91 Å². The van der Waals surface area contributed by atoms with E-state index in [0.29, 0.717) is 27.5 Å². The van der Waals surface area contributed by atoms with Gasteiger partial charge < -0.3 is 5.11 Å². The van der Waals surface area contributed by atoms with Gasteiger partial charge in [-0.15, -0.1) is 0 Å². The Morgan fingerprint density at radius 3 is 2.50 bits per heavy atom. The number of phenolic OH excluding ortho intramolecular Hbond substituents is 1. The number of imide groups is 1. The Kier molecular flexibility index (Phi) is 5.20. The number of amides is 2. The first-order chi connectivity index (χ1) is 15.4. The molecule has 0 saturated carbocycles. The topological polar surface area (TPSA) is 70.1 Å². The van der Waals surface area contributed by atoms with E-state index in [-0.39, 0.29) is 5.75 Å². The van der Waals surface area contributed by atoms with Crippen LogP contribution in [-0.4, -0.2) is 23.0 Å². The van der Waals surface area contributed by atoms with Gasteiger partial charge in [0.1, 0.15) is 11.7 Å². The lowest BCUT2D eigenvalue weighted by molar-refractivity contribution is -0.126. The molecule has 2 heterocycles. The van der Waals surface area contributed by atoms with Crippen LogP contribution >= 0.6 is 27.5 Å². The lowest BCUT2D eigenvalue weighted by Crippen LogP contribution is -2.37. The molecule has 0 unspecified atom stereocenters. The minimum atomic E-state index is -1.02. The normalized spacial score (nSPS) is 22.5. The van der Waals surface area contributed by atoms with Crippen molar-refractivity contribution in [3.05, 3.63) is 87.4 Å². The smallest absolute Gasteiger partial charge is 0.266 e. The molecule has 3 aromatic carbocycles. The summed E-state index contributed by atoms with van der Waals surface area (Å²) < 4.78 is 0.737. The first kappa shape index (κ1) is 21.0. The van der Waals surface area contributed by atoms with Crippen molar-refractivity contribution in [1.82, 2.24) is 0 Å². The molecule has 0 aliphatic carbocycles. The van der Waals surface area contributed by atoms with Crippen molar-refractivity contribution < 1.29 is 19.5 Å². The van der Waals surface area contributed by atoms with Crippen LogP contribution in [0.25, 0.3) is 0 Å². The fourth-order valence-electron chi connectivity index (χ4n) is 4.37. The first-order valence-electron chi connectivity index (χ1n) is 10.0. The van der Waals surface area contributed by atoms with Crippen molar-refractivity contribution in [2.24, 2.45) is 5.92 Å². The van der Waals surface area contributed by atoms with Crippen LogP contribution in [-0.2, 0) is 14.4 Å². The second kappa shape index (κ2) is 7.92. The number of anilines is 2. The van der Waals surface area contributed by atoms with E-state index < -0.39 is 29.9 Å². The molecular weight excluding hydrogens is 496 g/mol. The first-order valence-corrected chi connectivity index (χ1v) is 11.2. The Morgan fingerprint density at radius 1 is 1.00 bits per heavy atom. The summed E-state index contributed by atoms with van der Waals surface area (Å²) in [6.45, 7) is 1.76. The maximum atomic E-state index is 13.7. The third-order valence-electron chi connectivity index (χ3n) is 5.91. The molecule has 3 aromatic rings. The highest BCUT2D eigenvalue weighted by Crippen LogP contribution is 2.50. The van der Waals surface area contributed by atoms with Gasteiger partial charge in [-0.2, -0.15) is 0 Å². The van der Waals surface area contributed by atoms with E-state index in [1.807, 2.05) is 30.3 Å². The van der Waals surface area contributed by atoms with E-state index in [1.54, 1.807) is 48.4 Å². The number of carbonyl (C=O) groups is 2. The molecule has 6 nitrogen and oxygen atoms in total. The lowest BCUT2D eigenvalue weighted by atomic mass is 9.90. The Morgan fingerprint density at radius 2 is 1.75 bits per heavy atom. The van der Waals surface area contributed by atoms with E-state index in [1.165, 1.54) is 0 Å². The standard InChI is InChI=1S/C24H18BrClN2O4/c1-13-17(26)8-5-9-18(13)27-23(30)20-21(16-12-14(25)10-11-19(16)29)28(32-22(20)24(27)31)15-6-3-2-4-7-15/h2-12,20-22,29H,1H3/t20-,21-,22-/m0/s1. The molecule has 2 fully saturated rings. The van der Waals surface area contributed by atoms with E-state index in [9.17, 15) is 14.7 Å². The van der Waals surface area contributed by atoms with Gasteiger partial charge in [-0.3, -0.25) is 14.4 Å². The highest BCUT2D eigenvalue weighted by atomic mass is 79.9. The molecule has 0 radical (unpaired) electrons. The number of fused-ring (bicyclic) bond motifs is 1. The summed E-state index contributed by atoms with van der Waals surface area (Å²) >= 11 is 9.69. The summed E-state index contributed by atoms with van der Waals surface area (Å²) in [4.78, 5) is 34.3. The quantitative estimate of drug-likeness (QED) is 0.490. The number of hydroxylamine groups is 1. The van der Waals surface area contributed by atoms with Crippen molar-refractivity contribution in [1.29, 1.82) is 0 Å². The number of halogens is 2. The van der Waals surface area contributed by atoms with Gasteiger partial charge in [-0.1, -0.05) is 51.8 Å². The SMILES string of the molecule is Cc1c(Cl)cccc1N1C(=O)[C@@H]2[C@H](ON(c3ccccc3)[C@H]2c2cc(Br)ccc2O)C1=O.